The summed E-state index contributed by atoms with van der Waals surface area (Å²) in [5.74, 6) is -2.04. The summed E-state index contributed by atoms with van der Waals surface area (Å²) in [7, 11) is -3.55. The number of hydrogen-bond donors (Lipinski definition) is 2. The van der Waals surface area contributed by atoms with Gasteiger partial charge in [0.25, 0.3) is 0 Å². The molecule has 0 saturated heterocycles. The van der Waals surface area contributed by atoms with Crippen molar-refractivity contribution >= 4 is 21.9 Å². The van der Waals surface area contributed by atoms with Crippen LogP contribution in [0, 0.1) is 0 Å². The largest absolute Gasteiger partial charge is 0.480 e. The Bertz CT molecular complexity index is 1240. The Balaban J connectivity index is 1.35. The van der Waals surface area contributed by atoms with Gasteiger partial charge < -0.3 is 15.2 Å². The van der Waals surface area contributed by atoms with Crippen LogP contribution in [0.5, 0.6) is 0 Å². The van der Waals surface area contributed by atoms with Gasteiger partial charge in [0.05, 0.1) is 11.5 Å². The summed E-state index contributed by atoms with van der Waals surface area (Å²) in [6.07, 6.45) is -1.15. The molecule has 1 aliphatic rings. The van der Waals surface area contributed by atoms with E-state index in [1.807, 2.05) is 48.5 Å². The zero-order valence-electron chi connectivity index (χ0n) is 18.4. The summed E-state index contributed by atoms with van der Waals surface area (Å²) >= 11 is 0. The number of carboxylic acids is 1. The van der Waals surface area contributed by atoms with Gasteiger partial charge >= 0.3 is 12.1 Å². The van der Waals surface area contributed by atoms with E-state index in [4.69, 9.17) is 4.74 Å². The molecular weight excluding hydrogens is 454 g/mol. The molecule has 1 atom stereocenters. The third kappa shape index (κ3) is 5.46. The number of alkyl carbamates (subject to hydrolysis) is 1. The fourth-order valence-corrected chi connectivity index (χ4v) is 5.68. The summed E-state index contributed by atoms with van der Waals surface area (Å²) in [4.78, 5) is 24.0. The van der Waals surface area contributed by atoms with Gasteiger partial charge in [-0.25, -0.2) is 18.0 Å². The lowest BCUT2D eigenvalue weighted by molar-refractivity contribution is -0.139. The highest BCUT2D eigenvalue weighted by atomic mass is 32.2. The number of sulfone groups is 1. The van der Waals surface area contributed by atoms with Crippen LogP contribution in [0.4, 0.5) is 4.79 Å². The lowest BCUT2D eigenvalue weighted by atomic mass is 9.98. The van der Waals surface area contributed by atoms with Crippen molar-refractivity contribution in [2.45, 2.75) is 24.1 Å². The van der Waals surface area contributed by atoms with E-state index in [1.54, 1.807) is 30.3 Å². The zero-order valence-corrected chi connectivity index (χ0v) is 19.2. The summed E-state index contributed by atoms with van der Waals surface area (Å²) in [5.41, 5.74) is 4.87. The molecule has 0 radical (unpaired) electrons. The van der Waals surface area contributed by atoms with Crippen LogP contribution in [0.15, 0.2) is 78.9 Å². The lowest BCUT2D eigenvalue weighted by Crippen LogP contribution is -2.42. The molecule has 0 saturated carbocycles. The highest BCUT2D eigenvalue weighted by molar-refractivity contribution is 7.90. The molecule has 0 spiro atoms. The molecule has 3 aromatic rings. The van der Waals surface area contributed by atoms with Crippen LogP contribution in [0.1, 0.15) is 29.0 Å². The number of aliphatic carboxylic acids is 1. The Morgan fingerprint density at radius 3 is 2.03 bits per heavy atom. The number of benzene rings is 3. The lowest BCUT2D eigenvalue weighted by Gasteiger charge is -2.17. The van der Waals surface area contributed by atoms with Crippen molar-refractivity contribution in [1.82, 2.24) is 5.32 Å². The van der Waals surface area contributed by atoms with Gasteiger partial charge in [-0.2, -0.15) is 0 Å². The maximum Gasteiger partial charge on any atom is 0.407 e. The second kappa shape index (κ2) is 10.1. The standard InChI is InChI=1S/C26H25NO6S/c28-25(29)24(14-15-34(31,32)17-18-8-2-1-3-9-18)27-26(30)33-16-23-21-12-6-4-10-19(21)20-11-5-7-13-22(20)23/h1-13,23-24H,14-17H2,(H,27,30)(H,28,29)/t24-/m0/s1. The van der Waals surface area contributed by atoms with E-state index in [0.717, 1.165) is 22.3 Å². The number of amides is 1. The van der Waals surface area contributed by atoms with Gasteiger partial charge in [-0.1, -0.05) is 78.9 Å². The van der Waals surface area contributed by atoms with Crippen LogP contribution in [-0.2, 0) is 25.1 Å². The van der Waals surface area contributed by atoms with Crippen molar-refractivity contribution in [3.8, 4) is 11.1 Å². The minimum Gasteiger partial charge on any atom is -0.480 e. The maximum absolute atomic E-state index is 12.4. The second-order valence-electron chi connectivity index (χ2n) is 8.23. The first-order valence-electron chi connectivity index (χ1n) is 10.9. The molecule has 1 aliphatic carbocycles. The van der Waals surface area contributed by atoms with Gasteiger partial charge in [-0.05, 0) is 34.2 Å². The predicted octanol–water partition coefficient (Wildman–Crippen LogP) is 3.98. The van der Waals surface area contributed by atoms with Crippen LogP contribution in [0.2, 0.25) is 0 Å². The van der Waals surface area contributed by atoms with Crippen molar-refractivity contribution in [2.24, 2.45) is 0 Å². The summed E-state index contributed by atoms with van der Waals surface area (Å²) in [6.45, 7) is 0.0402. The van der Waals surface area contributed by atoms with Gasteiger partial charge in [0.2, 0.25) is 0 Å². The molecule has 2 N–H and O–H groups in total. The van der Waals surface area contributed by atoms with Crippen LogP contribution in [0.25, 0.3) is 11.1 Å². The Morgan fingerprint density at radius 2 is 1.44 bits per heavy atom. The second-order valence-corrected chi connectivity index (χ2v) is 10.4. The Hall–Kier alpha value is -3.65. The molecule has 34 heavy (non-hydrogen) atoms. The average molecular weight is 480 g/mol. The predicted molar refractivity (Wildman–Crippen MR) is 128 cm³/mol. The fourth-order valence-electron chi connectivity index (χ4n) is 4.24. The van der Waals surface area contributed by atoms with E-state index >= 15 is 0 Å². The van der Waals surface area contributed by atoms with Crippen molar-refractivity contribution in [3.05, 3.63) is 95.6 Å². The molecule has 7 nitrogen and oxygen atoms in total. The number of ether oxygens (including phenoxy) is 1. The Morgan fingerprint density at radius 1 is 0.882 bits per heavy atom. The third-order valence-electron chi connectivity index (χ3n) is 5.88. The van der Waals surface area contributed by atoms with Crippen LogP contribution < -0.4 is 5.32 Å². The number of carbonyl (C=O) groups excluding carboxylic acids is 1. The fraction of sp³-hybridized carbons (Fsp3) is 0.231. The van der Waals surface area contributed by atoms with E-state index in [2.05, 4.69) is 5.32 Å². The summed E-state index contributed by atoms with van der Waals surface area (Å²) in [6, 6.07) is 23.0. The number of hydrogen-bond acceptors (Lipinski definition) is 5. The molecule has 4 rings (SSSR count). The first-order valence-corrected chi connectivity index (χ1v) is 12.7. The molecular formula is C26H25NO6S. The first-order chi connectivity index (χ1) is 16.3. The van der Waals surface area contributed by atoms with Gasteiger partial charge in [-0.15, -0.1) is 0 Å². The summed E-state index contributed by atoms with van der Waals surface area (Å²) in [5, 5.41) is 11.8. The van der Waals surface area contributed by atoms with Gasteiger partial charge in [-0.3, -0.25) is 0 Å². The molecule has 1 amide bonds. The van der Waals surface area contributed by atoms with Crippen LogP contribution in [-0.4, -0.2) is 44.0 Å². The van der Waals surface area contributed by atoms with Crippen LogP contribution in [0.3, 0.4) is 0 Å². The number of rotatable bonds is 9. The number of nitrogens with one attached hydrogen (secondary N) is 1. The van der Waals surface area contributed by atoms with E-state index in [-0.39, 0.29) is 30.5 Å². The van der Waals surface area contributed by atoms with Crippen molar-refractivity contribution in [1.29, 1.82) is 0 Å². The molecule has 0 aromatic heterocycles. The van der Waals surface area contributed by atoms with E-state index < -0.39 is 27.9 Å². The number of fused-ring (bicyclic) bond motifs is 3. The van der Waals surface area contributed by atoms with Crippen molar-refractivity contribution in [3.63, 3.8) is 0 Å². The first kappa shape index (κ1) is 23.5. The maximum atomic E-state index is 12.4. The number of carbonyl (C=O) groups is 2. The monoisotopic (exact) mass is 479 g/mol. The number of carboxylic acid groups (broad SMARTS) is 1. The molecule has 0 bridgehead atoms. The highest BCUT2D eigenvalue weighted by Crippen LogP contribution is 2.44. The highest BCUT2D eigenvalue weighted by Gasteiger charge is 2.30. The van der Waals surface area contributed by atoms with Crippen molar-refractivity contribution < 1.29 is 27.9 Å². The topological polar surface area (TPSA) is 110 Å². The smallest absolute Gasteiger partial charge is 0.407 e. The minimum absolute atomic E-state index is 0.0402. The molecule has 0 aliphatic heterocycles. The Kier molecular flexibility index (Phi) is 6.98. The molecule has 3 aromatic carbocycles. The molecule has 0 heterocycles. The summed E-state index contributed by atoms with van der Waals surface area (Å²) < 4.78 is 30.2. The normalized spacial score (nSPS) is 13.5. The zero-order chi connectivity index (χ0) is 24.1. The SMILES string of the molecule is O=C(N[C@@H](CCS(=O)(=O)Cc1ccccc1)C(=O)O)OCC1c2ccccc2-c2ccccc21. The molecule has 0 unspecified atom stereocenters. The van der Waals surface area contributed by atoms with E-state index in [9.17, 15) is 23.1 Å². The van der Waals surface area contributed by atoms with Gasteiger partial charge in [0.1, 0.15) is 12.6 Å². The van der Waals surface area contributed by atoms with E-state index in [0.29, 0.717) is 5.56 Å². The Labute approximate surface area is 198 Å². The minimum atomic E-state index is -3.55. The average Bonchev–Trinajstić information content (AvgIpc) is 3.14. The van der Waals surface area contributed by atoms with Crippen LogP contribution >= 0.6 is 0 Å². The van der Waals surface area contributed by atoms with E-state index in [1.165, 1.54) is 0 Å². The van der Waals surface area contributed by atoms with Gasteiger partial charge in [0.15, 0.2) is 9.84 Å². The quantitative estimate of drug-likeness (QED) is 0.480. The van der Waals surface area contributed by atoms with Crippen molar-refractivity contribution in [2.75, 3.05) is 12.4 Å². The molecule has 0 fully saturated rings. The van der Waals surface area contributed by atoms with Gasteiger partial charge in [0, 0.05) is 5.92 Å². The molecule has 8 heteroatoms. The molecule has 176 valence electrons. The third-order valence-corrected chi connectivity index (χ3v) is 7.51.